The van der Waals surface area contributed by atoms with Crippen LogP contribution in [-0.4, -0.2) is 18.8 Å². The first-order valence-electron chi connectivity index (χ1n) is 6.05. The van der Waals surface area contributed by atoms with E-state index >= 15 is 0 Å². The third kappa shape index (κ3) is 4.97. The molecule has 0 aromatic carbocycles. The fourth-order valence-corrected chi connectivity index (χ4v) is 1.96. The van der Waals surface area contributed by atoms with E-state index in [1.807, 2.05) is 0 Å². The third-order valence-electron chi connectivity index (χ3n) is 3.00. The zero-order chi connectivity index (χ0) is 10.4. The SMILES string of the molecule is CC(C)CCC(N)CCC1CCCO1. The predicted molar refractivity (Wildman–Crippen MR) is 60.3 cm³/mol. The van der Waals surface area contributed by atoms with Gasteiger partial charge in [0, 0.05) is 12.6 Å². The molecule has 2 unspecified atom stereocenters. The molecule has 0 amide bonds. The molecule has 2 nitrogen and oxygen atoms in total. The second-order valence-corrected chi connectivity index (χ2v) is 4.94. The van der Waals surface area contributed by atoms with Crippen LogP contribution in [0.3, 0.4) is 0 Å². The minimum absolute atomic E-state index is 0.390. The van der Waals surface area contributed by atoms with E-state index in [-0.39, 0.29) is 0 Å². The number of nitrogens with two attached hydrogens (primary N) is 1. The molecule has 84 valence electrons. The van der Waals surface area contributed by atoms with Gasteiger partial charge in [0.05, 0.1) is 6.10 Å². The summed E-state index contributed by atoms with van der Waals surface area (Å²) in [5.41, 5.74) is 6.04. The van der Waals surface area contributed by atoms with Crippen molar-refractivity contribution < 1.29 is 4.74 Å². The lowest BCUT2D eigenvalue weighted by molar-refractivity contribution is 0.100. The molecule has 0 radical (unpaired) electrons. The molecule has 2 N–H and O–H groups in total. The molecular formula is C12H25NO. The van der Waals surface area contributed by atoms with Crippen molar-refractivity contribution in [3.8, 4) is 0 Å². The molecule has 1 rings (SSSR count). The fraction of sp³-hybridized carbons (Fsp3) is 1.00. The lowest BCUT2D eigenvalue weighted by Crippen LogP contribution is -2.22. The Labute approximate surface area is 88.2 Å². The maximum Gasteiger partial charge on any atom is 0.0576 e. The van der Waals surface area contributed by atoms with Crippen LogP contribution in [0, 0.1) is 5.92 Å². The summed E-state index contributed by atoms with van der Waals surface area (Å²) in [5.74, 6) is 0.781. The van der Waals surface area contributed by atoms with Crippen LogP contribution < -0.4 is 5.73 Å². The number of hydrogen-bond acceptors (Lipinski definition) is 2. The van der Waals surface area contributed by atoms with Crippen molar-refractivity contribution in [3.63, 3.8) is 0 Å². The van der Waals surface area contributed by atoms with Gasteiger partial charge in [-0.25, -0.2) is 0 Å². The summed E-state index contributed by atoms with van der Waals surface area (Å²) in [4.78, 5) is 0. The smallest absolute Gasteiger partial charge is 0.0576 e. The van der Waals surface area contributed by atoms with Crippen LogP contribution in [0.15, 0.2) is 0 Å². The van der Waals surface area contributed by atoms with Crippen molar-refractivity contribution in [1.29, 1.82) is 0 Å². The average Bonchev–Trinajstić information content (AvgIpc) is 2.63. The van der Waals surface area contributed by atoms with E-state index in [4.69, 9.17) is 10.5 Å². The summed E-state index contributed by atoms with van der Waals surface area (Å²) < 4.78 is 5.57. The highest BCUT2D eigenvalue weighted by Gasteiger charge is 2.16. The molecule has 0 aromatic rings. The summed E-state index contributed by atoms with van der Waals surface area (Å²) in [6.45, 7) is 5.48. The minimum Gasteiger partial charge on any atom is -0.378 e. The Hall–Kier alpha value is -0.0800. The monoisotopic (exact) mass is 199 g/mol. The molecule has 1 heterocycles. The Balaban J connectivity index is 1.99. The third-order valence-corrected chi connectivity index (χ3v) is 3.00. The maximum absolute atomic E-state index is 6.04. The van der Waals surface area contributed by atoms with E-state index in [2.05, 4.69) is 13.8 Å². The Morgan fingerprint density at radius 1 is 1.29 bits per heavy atom. The highest BCUT2D eigenvalue weighted by Crippen LogP contribution is 2.18. The topological polar surface area (TPSA) is 35.2 Å². The van der Waals surface area contributed by atoms with Gasteiger partial charge < -0.3 is 10.5 Å². The quantitative estimate of drug-likeness (QED) is 0.714. The highest BCUT2D eigenvalue weighted by molar-refractivity contribution is 4.69. The maximum atomic E-state index is 6.04. The normalized spacial score (nSPS) is 24.4. The molecule has 0 aliphatic carbocycles. The largest absolute Gasteiger partial charge is 0.378 e. The molecule has 0 aromatic heterocycles. The van der Waals surface area contributed by atoms with Crippen LogP contribution in [-0.2, 0) is 4.74 Å². The Morgan fingerprint density at radius 2 is 2.07 bits per heavy atom. The molecule has 1 fully saturated rings. The van der Waals surface area contributed by atoms with Gasteiger partial charge in [0.2, 0.25) is 0 Å². The molecule has 1 aliphatic rings. The average molecular weight is 199 g/mol. The second kappa shape index (κ2) is 6.41. The lowest BCUT2D eigenvalue weighted by atomic mass is 9.99. The van der Waals surface area contributed by atoms with Crippen molar-refractivity contribution in [1.82, 2.24) is 0 Å². The highest BCUT2D eigenvalue weighted by atomic mass is 16.5. The van der Waals surface area contributed by atoms with E-state index in [1.165, 1.54) is 32.1 Å². The Bertz CT molecular complexity index is 141. The Kier molecular flexibility index (Phi) is 5.49. The van der Waals surface area contributed by atoms with Gasteiger partial charge in [-0.05, 0) is 44.4 Å². The van der Waals surface area contributed by atoms with Gasteiger partial charge in [-0.3, -0.25) is 0 Å². The summed E-state index contributed by atoms with van der Waals surface area (Å²) in [7, 11) is 0. The molecule has 14 heavy (non-hydrogen) atoms. The van der Waals surface area contributed by atoms with Gasteiger partial charge in [-0.15, -0.1) is 0 Å². The standard InChI is InChI=1S/C12H25NO/c1-10(2)5-6-11(13)7-8-12-4-3-9-14-12/h10-12H,3-9,13H2,1-2H3. The molecular weight excluding hydrogens is 174 g/mol. The van der Waals surface area contributed by atoms with Crippen molar-refractivity contribution in [2.45, 2.75) is 64.5 Å². The van der Waals surface area contributed by atoms with Gasteiger partial charge >= 0.3 is 0 Å². The van der Waals surface area contributed by atoms with Crippen LogP contribution in [0.2, 0.25) is 0 Å². The van der Waals surface area contributed by atoms with Crippen LogP contribution in [0.4, 0.5) is 0 Å². The molecule has 2 heteroatoms. The molecule has 1 saturated heterocycles. The van der Waals surface area contributed by atoms with Crippen LogP contribution in [0.25, 0.3) is 0 Å². The van der Waals surface area contributed by atoms with Gasteiger partial charge in [0.1, 0.15) is 0 Å². The number of rotatable bonds is 6. The first-order valence-corrected chi connectivity index (χ1v) is 6.05. The van der Waals surface area contributed by atoms with E-state index in [1.54, 1.807) is 0 Å². The van der Waals surface area contributed by atoms with Crippen LogP contribution in [0.5, 0.6) is 0 Å². The van der Waals surface area contributed by atoms with E-state index in [0.29, 0.717) is 12.1 Å². The van der Waals surface area contributed by atoms with Crippen LogP contribution >= 0.6 is 0 Å². The van der Waals surface area contributed by atoms with Crippen molar-refractivity contribution >= 4 is 0 Å². The van der Waals surface area contributed by atoms with Gasteiger partial charge in [0.25, 0.3) is 0 Å². The Morgan fingerprint density at radius 3 is 2.64 bits per heavy atom. The first-order chi connectivity index (χ1) is 6.68. The summed E-state index contributed by atoms with van der Waals surface area (Å²) in [6, 6.07) is 0.390. The number of hydrogen-bond donors (Lipinski definition) is 1. The second-order valence-electron chi connectivity index (χ2n) is 4.94. The van der Waals surface area contributed by atoms with E-state index in [9.17, 15) is 0 Å². The van der Waals surface area contributed by atoms with Crippen molar-refractivity contribution in [3.05, 3.63) is 0 Å². The van der Waals surface area contributed by atoms with Gasteiger partial charge in [-0.1, -0.05) is 13.8 Å². The zero-order valence-corrected chi connectivity index (χ0v) is 9.67. The summed E-state index contributed by atoms with van der Waals surface area (Å²) in [6.07, 6.45) is 7.73. The zero-order valence-electron chi connectivity index (χ0n) is 9.67. The molecule has 0 saturated carbocycles. The predicted octanol–water partition coefficient (Wildman–Crippen LogP) is 2.71. The lowest BCUT2D eigenvalue weighted by Gasteiger charge is -2.15. The molecule has 0 spiro atoms. The first kappa shape index (κ1) is 12.0. The summed E-state index contributed by atoms with van der Waals surface area (Å²) >= 11 is 0. The van der Waals surface area contributed by atoms with Gasteiger partial charge in [-0.2, -0.15) is 0 Å². The van der Waals surface area contributed by atoms with Crippen molar-refractivity contribution in [2.75, 3.05) is 6.61 Å². The van der Waals surface area contributed by atoms with E-state index < -0.39 is 0 Å². The summed E-state index contributed by atoms with van der Waals surface area (Å²) in [5, 5.41) is 0. The molecule has 0 bridgehead atoms. The molecule has 1 aliphatic heterocycles. The van der Waals surface area contributed by atoms with E-state index in [0.717, 1.165) is 18.9 Å². The van der Waals surface area contributed by atoms with Crippen molar-refractivity contribution in [2.24, 2.45) is 11.7 Å². The molecule has 2 atom stereocenters. The minimum atomic E-state index is 0.390. The fourth-order valence-electron chi connectivity index (χ4n) is 1.96. The van der Waals surface area contributed by atoms with Crippen LogP contribution in [0.1, 0.15) is 52.4 Å². The van der Waals surface area contributed by atoms with Gasteiger partial charge in [0.15, 0.2) is 0 Å². The number of ether oxygens (including phenoxy) is 1.